The molecule has 3 heteroatoms. The fraction of sp³-hybridized carbons (Fsp3) is 0.160. The molecule has 0 radical (unpaired) electrons. The second kappa shape index (κ2) is 9.33. The lowest BCUT2D eigenvalue weighted by Crippen LogP contribution is -2.45. The molecular formula is C25H26O2Si. The van der Waals surface area contributed by atoms with Crippen molar-refractivity contribution >= 4 is 19.2 Å². The van der Waals surface area contributed by atoms with Crippen LogP contribution in [-0.2, 0) is 11.2 Å². The minimum atomic E-state index is -2.12. The average molecular weight is 387 g/mol. The average Bonchev–Trinajstić information content (AvgIpc) is 2.75. The Morgan fingerprint density at radius 2 is 1.36 bits per heavy atom. The molecule has 142 valence electrons. The number of ether oxygens (including phenoxy) is 1. The van der Waals surface area contributed by atoms with Gasteiger partial charge in [-0.3, -0.25) is 0 Å². The zero-order valence-corrected chi connectivity index (χ0v) is 17.5. The first-order chi connectivity index (χ1) is 13.6. The van der Waals surface area contributed by atoms with Crippen LogP contribution in [0.3, 0.4) is 0 Å². The van der Waals surface area contributed by atoms with E-state index in [1.807, 2.05) is 42.5 Å². The van der Waals surface area contributed by atoms with Crippen molar-refractivity contribution in [1.29, 1.82) is 0 Å². The Kier molecular flexibility index (Phi) is 6.61. The molecule has 2 nitrogen and oxygen atoms in total. The fourth-order valence-corrected chi connectivity index (χ4v) is 5.48. The van der Waals surface area contributed by atoms with Crippen molar-refractivity contribution in [3.63, 3.8) is 0 Å². The first-order valence-electron chi connectivity index (χ1n) is 9.64. The third-order valence-electron chi connectivity index (χ3n) is 4.93. The normalized spacial score (nSPS) is 11.9. The summed E-state index contributed by atoms with van der Waals surface area (Å²) in [7, 11) is -2.12. The minimum absolute atomic E-state index is 0.289. The maximum atomic E-state index is 12.7. The van der Waals surface area contributed by atoms with Crippen molar-refractivity contribution in [2.75, 3.05) is 0 Å². The number of rotatable bonds is 7. The van der Waals surface area contributed by atoms with Crippen LogP contribution in [0.15, 0.2) is 102 Å². The summed E-state index contributed by atoms with van der Waals surface area (Å²) in [6.45, 7) is 4.46. The number of benzene rings is 3. The number of hydrogen-bond donors (Lipinski definition) is 0. The Labute approximate surface area is 168 Å². The van der Waals surface area contributed by atoms with Crippen LogP contribution >= 0.6 is 0 Å². The van der Waals surface area contributed by atoms with Crippen molar-refractivity contribution < 1.29 is 9.53 Å². The molecular weight excluding hydrogens is 360 g/mol. The molecule has 0 saturated heterocycles. The fourth-order valence-electron chi connectivity index (χ4n) is 3.17. The Morgan fingerprint density at radius 3 is 1.96 bits per heavy atom. The SMILES string of the molecule is C[Si](C)(/C(=C\CCc1ccccc1)OC(=O)c1ccccc1)c1ccccc1. The molecule has 0 N–H and O–H groups in total. The number of carbonyl (C=O) groups is 1. The van der Waals surface area contributed by atoms with Crippen LogP contribution < -0.4 is 5.19 Å². The maximum Gasteiger partial charge on any atom is 0.342 e. The molecule has 0 bridgehead atoms. The number of hydrogen-bond acceptors (Lipinski definition) is 2. The summed E-state index contributed by atoms with van der Waals surface area (Å²) in [6, 6.07) is 30.0. The van der Waals surface area contributed by atoms with E-state index < -0.39 is 8.07 Å². The molecule has 0 aliphatic carbocycles. The summed E-state index contributed by atoms with van der Waals surface area (Å²) in [5.41, 5.74) is 1.86. The van der Waals surface area contributed by atoms with E-state index in [2.05, 4.69) is 55.6 Å². The summed E-state index contributed by atoms with van der Waals surface area (Å²) in [5, 5.41) is 2.07. The molecule has 0 amide bonds. The highest BCUT2D eigenvalue weighted by Crippen LogP contribution is 2.20. The molecule has 3 aromatic rings. The van der Waals surface area contributed by atoms with Gasteiger partial charge in [-0.1, -0.05) is 103 Å². The van der Waals surface area contributed by atoms with Gasteiger partial charge in [0.05, 0.1) is 10.9 Å². The van der Waals surface area contributed by atoms with Crippen molar-refractivity contribution in [2.45, 2.75) is 25.9 Å². The first-order valence-corrected chi connectivity index (χ1v) is 12.6. The zero-order chi connectivity index (χ0) is 19.8. The van der Waals surface area contributed by atoms with E-state index >= 15 is 0 Å². The van der Waals surface area contributed by atoms with Gasteiger partial charge in [0, 0.05) is 0 Å². The lowest BCUT2D eigenvalue weighted by atomic mass is 10.1. The highest BCUT2D eigenvalue weighted by molar-refractivity contribution is 6.95. The zero-order valence-electron chi connectivity index (χ0n) is 16.5. The Balaban J connectivity index is 1.84. The standard InChI is InChI=1S/C25H26O2Si/c1-28(2,23-18-10-5-11-19-23)24(20-12-15-21-13-6-3-7-14-21)27-25(26)22-16-8-4-9-17-22/h3-11,13-14,16-20H,12,15H2,1-2H3/b24-20-. The summed E-state index contributed by atoms with van der Waals surface area (Å²) < 4.78 is 5.98. The van der Waals surface area contributed by atoms with Crippen LogP contribution in [0.1, 0.15) is 22.3 Å². The van der Waals surface area contributed by atoms with Crippen molar-refractivity contribution in [1.82, 2.24) is 0 Å². The lowest BCUT2D eigenvalue weighted by molar-refractivity contribution is 0.0644. The van der Waals surface area contributed by atoms with E-state index in [1.165, 1.54) is 10.8 Å². The van der Waals surface area contributed by atoms with Crippen LogP contribution in [0.5, 0.6) is 0 Å². The third-order valence-corrected chi connectivity index (χ3v) is 8.24. The number of esters is 1. The monoisotopic (exact) mass is 386 g/mol. The van der Waals surface area contributed by atoms with Gasteiger partial charge in [-0.2, -0.15) is 0 Å². The van der Waals surface area contributed by atoms with Crippen molar-refractivity contribution in [3.05, 3.63) is 114 Å². The molecule has 28 heavy (non-hydrogen) atoms. The van der Waals surface area contributed by atoms with Gasteiger partial charge in [-0.05, 0) is 30.5 Å². The lowest BCUT2D eigenvalue weighted by Gasteiger charge is -2.26. The molecule has 0 spiro atoms. The Hall–Kier alpha value is -2.91. The van der Waals surface area contributed by atoms with Crippen LogP contribution in [0.4, 0.5) is 0 Å². The molecule has 0 aromatic heterocycles. The predicted molar refractivity (Wildman–Crippen MR) is 118 cm³/mol. The summed E-state index contributed by atoms with van der Waals surface area (Å²) in [6.07, 6.45) is 3.88. The third kappa shape index (κ3) is 5.08. The topological polar surface area (TPSA) is 26.3 Å². The first kappa shape index (κ1) is 19.8. The van der Waals surface area contributed by atoms with E-state index in [0.29, 0.717) is 5.56 Å². The summed E-state index contributed by atoms with van der Waals surface area (Å²) >= 11 is 0. The van der Waals surface area contributed by atoms with Gasteiger partial charge in [0.25, 0.3) is 0 Å². The largest absolute Gasteiger partial charge is 0.433 e. The van der Waals surface area contributed by atoms with E-state index in [9.17, 15) is 4.79 Å². The van der Waals surface area contributed by atoms with Gasteiger partial charge in [0.15, 0.2) is 8.07 Å². The molecule has 3 aromatic carbocycles. The van der Waals surface area contributed by atoms with Crippen molar-refractivity contribution in [3.8, 4) is 0 Å². The van der Waals surface area contributed by atoms with Crippen molar-refractivity contribution in [2.24, 2.45) is 0 Å². The Morgan fingerprint density at radius 1 is 0.821 bits per heavy atom. The molecule has 0 aliphatic heterocycles. The van der Waals surface area contributed by atoms with Crippen LogP contribution in [0.25, 0.3) is 0 Å². The van der Waals surface area contributed by atoms with Gasteiger partial charge in [-0.15, -0.1) is 0 Å². The molecule has 0 heterocycles. The van der Waals surface area contributed by atoms with E-state index in [-0.39, 0.29) is 5.97 Å². The predicted octanol–water partition coefficient (Wildman–Crippen LogP) is 5.51. The smallest absolute Gasteiger partial charge is 0.342 e. The maximum absolute atomic E-state index is 12.7. The van der Waals surface area contributed by atoms with Crippen LogP contribution in [0.2, 0.25) is 13.1 Å². The number of carbonyl (C=O) groups excluding carboxylic acids is 1. The summed E-state index contributed by atoms with van der Waals surface area (Å²) in [4.78, 5) is 12.7. The van der Waals surface area contributed by atoms with Gasteiger partial charge in [0.2, 0.25) is 0 Å². The summed E-state index contributed by atoms with van der Waals surface area (Å²) in [5.74, 6) is -0.289. The molecule has 0 unspecified atom stereocenters. The molecule has 0 saturated carbocycles. The molecule has 0 aliphatic rings. The molecule has 0 atom stereocenters. The van der Waals surface area contributed by atoms with Crippen LogP contribution in [-0.4, -0.2) is 14.0 Å². The highest BCUT2D eigenvalue weighted by Gasteiger charge is 2.32. The van der Waals surface area contributed by atoms with E-state index in [0.717, 1.165) is 18.2 Å². The second-order valence-corrected chi connectivity index (χ2v) is 11.7. The van der Waals surface area contributed by atoms with E-state index in [4.69, 9.17) is 4.74 Å². The molecule has 3 rings (SSSR count). The van der Waals surface area contributed by atoms with Gasteiger partial charge < -0.3 is 4.74 Å². The highest BCUT2D eigenvalue weighted by atomic mass is 28.3. The van der Waals surface area contributed by atoms with E-state index in [1.54, 1.807) is 12.1 Å². The van der Waals surface area contributed by atoms with Gasteiger partial charge in [0.1, 0.15) is 0 Å². The van der Waals surface area contributed by atoms with Crippen LogP contribution in [0, 0.1) is 0 Å². The number of aryl methyl sites for hydroxylation is 1. The van der Waals surface area contributed by atoms with Gasteiger partial charge in [-0.25, -0.2) is 4.79 Å². The Bertz CT molecular complexity index is 917. The molecule has 0 fully saturated rings. The minimum Gasteiger partial charge on any atom is -0.433 e. The quantitative estimate of drug-likeness (QED) is 0.304. The second-order valence-electron chi connectivity index (χ2n) is 7.34. The number of allylic oxidation sites excluding steroid dienone is 1. The van der Waals surface area contributed by atoms with Gasteiger partial charge >= 0.3 is 5.97 Å².